The Morgan fingerprint density at radius 1 is 1.33 bits per heavy atom. The first-order valence-corrected chi connectivity index (χ1v) is 7.29. The van der Waals surface area contributed by atoms with E-state index in [2.05, 4.69) is 0 Å². The maximum atomic E-state index is 13.5. The number of aryl methyl sites for hydroxylation is 1. The number of benzene rings is 1. The molecule has 2 fully saturated rings. The molecule has 1 N–H and O–H groups in total. The van der Waals surface area contributed by atoms with Crippen LogP contribution in [0, 0.1) is 18.7 Å². The molecule has 3 rings (SSSR count). The molecule has 0 spiro atoms. The van der Waals surface area contributed by atoms with Crippen molar-refractivity contribution < 1.29 is 19.1 Å². The lowest BCUT2D eigenvalue weighted by molar-refractivity contribution is -0.152. The Balaban J connectivity index is 2.03. The fourth-order valence-electron chi connectivity index (χ4n) is 3.20. The lowest BCUT2D eigenvalue weighted by Gasteiger charge is -2.40. The number of piperidine rings is 1. The standard InChI is InChI=1S/C16H18FNO3/c1-9-8-10(2-6-13(9)17)15-12(16(20)21)5-7-14(19)18(15)11-3-4-11/h2,6,8,11-12,15H,3-5,7H2,1H3,(H,20,21). The number of carboxylic acid groups (broad SMARTS) is 1. The van der Waals surface area contributed by atoms with Gasteiger partial charge in [0.1, 0.15) is 5.82 Å². The number of rotatable bonds is 3. The number of halogens is 1. The summed E-state index contributed by atoms with van der Waals surface area (Å²) in [6.07, 6.45) is 2.48. The van der Waals surface area contributed by atoms with Crippen molar-refractivity contribution in [3.8, 4) is 0 Å². The number of likely N-dealkylation sites (tertiary alicyclic amines) is 1. The van der Waals surface area contributed by atoms with Gasteiger partial charge in [0.05, 0.1) is 12.0 Å². The second kappa shape index (κ2) is 5.13. The van der Waals surface area contributed by atoms with Gasteiger partial charge in [-0.2, -0.15) is 0 Å². The third-order valence-corrected chi connectivity index (χ3v) is 4.42. The van der Waals surface area contributed by atoms with E-state index in [1.165, 1.54) is 6.07 Å². The van der Waals surface area contributed by atoms with Crippen LogP contribution in [0.5, 0.6) is 0 Å². The van der Waals surface area contributed by atoms with Crippen LogP contribution < -0.4 is 0 Å². The predicted molar refractivity (Wildman–Crippen MR) is 74.1 cm³/mol. The Kier molecular flexibility index (Phi) is 3.43. The number of hydrogen-bond acceptors (Lipinski definition) is 2. The van der Waals surface area contributed by atoms with Crippen LogP contribution in [0.25, 0.3) is 0 Å². The summed E-state index contributed by atoms with van der Waals surface area (Å²) >= 11 is 0. The first-order chi connectivity index (χ1) is 9.99. The zero-order valence-electron chi connectivity index (χ0n) is 11.9. The molecule has 21 heavy (non-hydrogen) atoms. The molecule has 1 saturated carbocycles. The van der Waals surface area contributed by atoms with E-state index in [0.717, 1.165) is 18.4 Å². The number of nitrogens with zero attached hydrogens (tertiary/aromatic N) is 1. The number of carboxylic acids is 1. The first kappa shape index (κ1) is 14.0. The predicted octanol–water partition coefficient (Wildman–Crippen LogP) is 2.66. The van der Waals surface area contributed by atoms with Crippen molar-refractivity contribution in [2.75, 3.05) is 0 Å². The number of amides is 1. The summed E-state index contributed by atoms with van der Waals surface area (Å²) in [6, 6.07) is 4.31. The molecule has 1 aromatic carbocycles. The fraction of sp³-hybridized carbons (Fsp3) is 0.500. The van der Waals surface area contributed by atoms with Crippen molar-refractivity contribution in [2.45, 2.75) is 44.7 Å². The molecule has 1 aliphatic carbocycles. The van der Waals surface area contributed by atoms with Crippen LogP contribution in [0.1, 0.15) is 42.9 Å². The molecule has 0 aromatic heterocycles. The van der Waals surface area contributed by atoms with Gasteiger partial charge in [0.2, 0.25) is 5.91 Å². The molecule has 1 aromatic rings. The van der Waals surface area contributed by atoms with Crippen molar-refractivity contribution in [1.82, 2.24) is 4.90 Å². The van der Waals surface area contributed by atoms with Gasteiger partial charge in [0, 0.05) is 12.5 Å². The van der Waals surface area contributed by atoms with Crippen LogP contribution >= 0.6 is 0 Å². The summed E-state index contributed by atoms with van der Waals surface area (Å²) in [5.41, 5.74) is 1.20. The Morgan fingerprint density at radius 2 is 2.05 bits per heavy atom. The molecule has 5 heteroatoms. The van der Waals surface area contributed by atoms with Gasteiger partial charge in [-0.3, -0.25) is 9.59 Å². The fourth-order valence-corrected chi connectivity index (χ4v) is 3.20. The Labute approximate surface area is 122 Å². The quantitative estimate of drug-likeness (QED) is 0.931. The summed E-state index contributed by atoms with van der Waals surface area (Å²) in [6.45, 7) is 1.65. The van der Waals surface area contributed by atoms with Crippen LogP contribution in [0.4, 0.5) is 4.39 Å². The maximum absolute atomic E-state index is 13.5. The summed E-state index contributed by atoms with van der Waals surface area (Å²) in [5.74, 6) is -1.80. The molecule has 2 atom stereocenters. The third-order valence-electron chi connectivity index (χ3n) is 4.42. The molecule has 2 unspecified atom stereocenters. The molecule has 0 radical (unpaired) electrons. The highest BCUT2D eigenvalue weighted by Crippen LogP contribution is 2.43. The Hall–Kier alpha value is -1.91. The van der Waals surface area contributed by atoms with E-state index in [-0.39, 0.29) is 24.2 Å². The van der Waals surface area contributed by atoms with Crippen LogP contribution in [-0.2, 0) is 9.59 Å². The topological polar surface area (TPSA) is 57.6 Å². The van der Waals surface area contributed by atoms with E-state index in [0.29, 0.717) is 12.0 Å². The van der Waals surface area contributed by atoms with E-state index >= 15 is 0 Å². The molecule has 1 aliphatic heterocycles. The smallest absolute Gasteiger partial charge is 0.308 e. The molecule has 112 valence electrons. The van der Waals surface area contributed by atoms with Crippen LogP contribution in [-0.4, -0.2) is 27.9 Å². The molecular weight excluding hydrogens is 273 g/mol. The molecule has 0 bridgehead atoms. The van der Waals surface area contributed by atoms with Crippen LogP contribution in [0.3, 0.4) is 0 Å². The van der Waals surface area contributed by atoms with Gasteiger partial charge in [-0.05, 0) is 43.4 Å². The summed E-state index contributed by atoms with van der Waals surface area (Å²) in [4.78, 5) is 25.5. The monoisotopic (exact) mass is 291 g/mol. The number of carbonyl (C=O) groups is 2. The number of carbonyl (C=O) groups excluding carboxylic acids is 1. The van der Waals surface area contributed by atoms with Crippen molar-refractivity contribution >= 4 is 11.9 Å². The minimum atomic E-state index is -0.889. The zero-order chi connectivity index (χ0) is 15.1. The molecule has 4 nitrogen and oxygen atoms in total. The lowest BCUT2D eigenvalue weighted by Crippen LogP contribution is -2.46. The normalized spacial score (nSPS) is 26.0. The van der Waals surface area contributed by atoms with Crippen molar-refractivity contribution in [3.05, 3.63) is 35.1 Å². The second-order valence-corrected chi connectivity index (χ2v) is 5.97. The lowest BCUT2D eigenvalue weighted by atomic mass is 9.83. The van der Waals surface area contributed by atoms with Gasteiger partial charge in [0.15, 0.2) is 0 Å². The van der Waals surface area contributed by atoms with Gasteiger partial charge < -0.3 is 10.0 Å². The summed E-state index contributed by atoms with van der Waals surface area (Å²) in [7, 11) is 0. The van der Waals surface area contributed by atoms with Crippen molar-refractivity contribution in [1.29, 1.82) is 0 Å². The van der Waals surface area contributed by atoms with Crippen molar-refractivity contribution in [3.63, 3.8) is 0 Å². The average molecular weight is 291 g/mol. The maximum Gasteiger partial charge on any atom is 0.308 e. The van der Waals surface area contributed by atoms with Gasteiger partial charge in [-0.15, -0.1) is 0 Å². The van der Waals surface area contributed by atoms with Gasteiger partial charge in [0.25, 0.3) is 0 Å². The molecule has 2 aliphatic rings. The number of hydrogen-bond donors (Lipinski definition) is 1. The minimum absolute atomic E-state index is 0.0157. The summed E-state index contributed by atoms with van der Waals surface area (Å²) in [5, 5.41) is 9.49. The minimum Gasteiger partial charge on any atom is -0.481 e. The Morgan fingerprint density at radius 3 is 2.62 bits per heavy atom. The SMILES string of the molecule is Cc1cc(C2C(C(=O)O)CCC(=O)N2C2CC2)ccc1F. The van der Waals surface area contributed by atoms with Gasteiger partial charge in [-0.25, -0.2) is 4.39 Å². The van der Waals surface area contributed by atoms with E-state index < -0.39 is 17.9 Å². The highest BCUT2D eigenvalue weighted by molar-refractivity contribution is 5.82. The van der Waals surface area contributed by atoms with E-state index in [1.807, 2.05) is 0 Å². The zero-order valence-corrected chi connectivity index (χ0v) is 11.9. The molecule has 1 heterocycles. The van der Waals surface area contributed by atoms with Crippen LogP contribution in [0.15, 0.2) is 18.2 Å². The average Bonchev–Trinajstić information content (AvgIpc) is 3.25. The highest BCUT2D eigenvalue weighted by Gasteiger charge is 2.46. The summed E-state index contributed by atoms with van der Waals surface area (Å²) < 4.78 is 13.5. The van der Waals surface area contributed by atoms with Crippen LogP contribution in [0.2, 0.25) is 0 Å². The van der Waals surface area contributed by atoms with Crippen molar-refractivity contribution in [2.24, 2.45) is 5.92 Å². The first-order valence-electron chi connectivity index (χ1n) is 7.29. The van der Waals surface area contributed by atoms with E-state index in [4.69, 9.17) is 0 Å². The van der Waals surface area contributed by atoms with Gasteiger partial charge >= 0.3 is 5.97 Å². The molecule has 1 amide bonds. The molecule has 1 saturated heterocycles. The number of aliphatic carboxylic acids is 1. The van der Waals surface area contributed by atoms with E-state index in [9.17, 15) is 19.1 Å². The second-order valence-electron chi connectivity index (χ2n) is 5.97. The van der Waals surface area contributed by atoms with Gasteiger partial charge in [-0.1, -0.05) is 12.1 Å². The third kappa shape index (κ3) is 2.52. The van der Waals surface area contributed by atoms with E-state index in [1.54, 1.807) is 24.0 Å². The molecular formula is C16H18FNO3. The largest absolute Gasteiger partial charge is 0.481 e. The Bertz CT molecular complexity index is 597. The highest BCUT2D eigenvalue weighted by atomic mass is 19.1.